The Balaban J connectivity index is 0.864. The van der Waals surface area contributed by atoms with Crippen molar-refractivity contribution < 1.29 is 31.3 Å². The summed E-state index contributed by atoms with van der Waals surface area (Å²) in [5, 5.41) is 18.7. The number of pyridine rings is 1. The highest BCUT2D eigenvalue weighted by molar-refractivity contribution is 7.86. The molecule has 5 heterocycles. The largest absolute Gasteiger partial charge is 0.543 e. The number of aromatic nitrogens is 6. The third kappa shape index (κ3) is 9.46. The van der Waals surface area contributed by atoms with E-state index in [9.17, 15) is 13.2 Å². The van der Waals surface area contributed by atoms with Crippen LogP contribution in [0.25, 0.3) is 21.3 Å². The molecule has 4 aliphatic carbocycles. The van der Waals surface area contributed by atoms with Gasteiger partial charge < -0.3 is 24.1 Å². The first-order valence-corrected chi connectivity index (χ1v) is 30.3. The number of methoxy groups -OCH3 is 1. The van der Waals surface area contributed by atoms with Crippen LogP contribution in [0.4, 0.5) is 22.6 Å². The minimum absolute atomic E-state index is 0.0488. The minimum atomic E-state index is -3.90. The summed E-state index contributed by atoms with van der Waals surface area (Å²) in [5.74, 6) is 2.24. The summed E-state index contributed by atoms with van der Waals surface area (Å²) in [4.78, 5) is 25.8. The molecular formula is C54H68N8O7S2Si. The molecule has 0 amide bonds. The molecule has 18 heteroatoms. The summed E-state index contributed by atoms with van der Waals surface area (Å²) in [7, 11) is -4.53. The molecule has 2 atom stereocenters. The van der Waals surface area contributed by atoms with E-state index in [0.717, 1.165) is 100 Å². The molecule has 4 fully saturated rings. The topological polar surface area (TPSA) is 173 Å². The van der Waals surface area contributed by atoms with Gasteiger partial charge in [0.2, 0.25) is 8.32 Å². The number of hydrogen-bond donors (Lipinski definition) is 1. The number of esters is 1. The molecule has 4 saturated carbocycles. The molecule has 1 N–H and O–H groups in total. The zero-order valence-corrected chi connectivity index (χ0v) is 46.2. The summed E-state index contributed by atoms with van der Waals surface area (Å²) in [6.45, 7) is 23.5. The highest BCUT2D eigenvalue weighted by Gasteiger charge is 2.66. The minimum Gasteiger partial charge on any atom is -0.543 e. The van der Waals surface area contributed by atoms with Crippen molar-refractivity contribution in [3.8, 4) is 16.9 Å². The first-order valence-electron chi connectivity index (χ1n) is 25.1. The normalized spacial score (nSPS) is 23.9. The highest BCUT2D eigenvalue weighted by Crippen LogP contribution is 2.72. The number of nitrogens with one attached hydrogen (secondary N) is 1. The lowest BCUT2D eigenvalue weighted by atomic mass is 9.39. The molecule has 4 bridgehead atoms. The van der Waals surface area contributed by atoms with Crippen LogP contribution in [0.5, 0.6) is 5.75 Å². The summed E-state index contributed by atoms with van der Waals surface area (Å²) in [6, 6.07) is 16.7. The van der Waals surface area contributed by atoms with Crippen molar-refractivity contribution in [3.63, 3.8) is 0 Å². The Labute approximate surface area is 428 Å². The molecule has 72 heavy (non-hydrogen) atoms. The molecule has 1 aliphatic heterocycles. The standard InChI is InChI=1S/C54H68N8O7S2Si/c1-34-14-17-38(18-15-34)71(64,65)68-24-23-67-54-30-51(7)27-52(8,31-54)29-53(28-51,32-54)33-62-36(3)41(26-55-62)40-19-21-44(57-45(40)48(63)66-9)61-22-12-13-39-35(2)46(59-60-47(39)61)58-49-56-42-25-37(16-20-43(42)70-49)69-72(10,11)50(4,5)6/h14-21,25-26H,12-13,22-24,27-33H2,1-11H3,(H,56,58,59). The summed E-state index contributed by atoms with van der Waals surface area (Å²) < 4.78 is 53.3. The fourth-order valence-corrected chi connectivity index (χ4v) is 15.8. The molecular weight excluding hydrogens is 965 g/mol. The van der Waals surface area contributed by atoms with E-state index in [1.807, 2.05) is 42.3 Å². The van der Waals surface area contributed by atoms with Gasteiger partial charge in [0, 0.05) is 47.1 Å². The van der Waals surface area contributed by atoms with Gasteiger partial charge >= 0.3 is 5.97 Å². The Morgan fingerprint density at radius 2 is 1.62 bits per heavy atom. The van der Waals surface area contributed by atoms with E-state index in [1.165, 1.54) is 7.11 Å². The van der Waals surface area contributed by atoms with Gasteiger partial charge in [0.05, 0.1) is 47.2 Å². The van der Waals surface area contributed by atoms with E-state index < -0.39 is 30.0 Å². The molecule has 382 valence electrons. The molecule has 11 rings (SSSR count). The van der Waals surface area contributed by atoms with Crippen LogP contribution in [0.15, 0.2) is 65.7 Å². The maximum atomic E-state index is 13.7. The molecule has 0 saturated heterocycles. The second-order valence-electron chi connectivity index (χ2n) is 23.5. The average Bonchev–Trinajstić information content (AvgIpc) is 3.87. The fraction of sp³-hybridized carbons (Fsp3) is 0.519. The summed E-state index contributed by atoms with van der Waals surface area (Å²) in [5.41, 5.74) is 6.13. The molecule has 2 aromatic carbocycles. The summed E-state index contributed by atoms with van der Waals surface area (Å²) >= 11 is 1.56. The Hall–Kier alpha value is -5.27. The van der Waals surface area contributed by atoms with Gasteiger partial charge in [-0.05, 0) is 143 Å². The fourth-order valence-electron chi connectivity index (χ4n) is 13.1. The molecule has 0 radical (unpaired) electrons. The number of nitrogens with zero attached hydrogens (tertiary/aromatic N) is 7. The van der Waals surface area contributed by atoms with Crippen molar-refractivity contribution in [2.45, 2.75) is 142 Å². The van der Waals surface area contributed by atoms with Crippen LogP contribution in [-0.2, 0) is 36.7 Å². The van der Waals surface area contributed by atoms with E-state index >= 15 is 0 Å². The number of thiazole rings is 1. The molecule has 6 aromatic rings. The number of anilines is 4. The molecule has 15 nitrogen and oxygen atoms in total. The number of carbonyl (C=O) groups excluding carboxylic acids is 1. The maximum absolute atomic E-state index is 13.7. The zero-order chi connectivity index (χ0) is 51.2. The van der Waals surface area contributed by atoms with Crippen LogP contribution in [0.2, 0.25) is 18.1 Å². The third-order valence-corrected chi connectivity index (χ3v) is 22.9. The molecule has 5 aliphatic rings. The number of ether oxygens (including phenoxy) is 2. The van der Waals surface area contributed by atoms with Crippen LogP contribution in [0.3, 0.4) is 0 Å². The van der Waals surface area contributed by atoms with Gasteiger partial charge in [-0.1, -0.05) is 63.7 Å². The predicted molar refractivity (Wildman–Crippen MR) is 284 cm³/mol. The van der Waals surface area contributed by atoms with Crippen LogP contribution in [0, 0.1) is 37.0 Å². The average molecular weight is 1030 g/mol. The van der Waals surface area contributed by atoms with Crippen LogP contribution >= 0.6 is 11.3 Å². The Bertz CT molecular complexity index is 3180. The van der Waals surface area contributed by atoms with Gasteiger partial charge in [0.15, 0.2) is 22.5 Å². The van der Waals surface area contributed by atoms with Crippen molar-refractivity contribution in [2.75, 3.05) is 37.1 Å². The monoisotopic (exact) mass is 1030 g/mol. The SMILES string of the molecule is COC(=O)c1nc(N2CCCc3c2nnc(Nc2nc4cc(O[Si](C)(C)C(C)(C)C)ccc4s2)c3C)ccc1-c1cnn(CC23CC4(C)CC(C)(C2)CC(OCCOS(=O)(=O)c2ccc(C)cc2)(C4)C3)c1C. The van der Waals surface area contributed by atoms with Crippen molar-refractivity contribution in [1.29, 1.82) is 0 Å². The Kier molecular flexibility index (Phi) is 12.6. The lowest BCUT2D eigenvalue weighted by Crippen LogP contribution is -2.64. The number of benzene rings is 2. The van der Waals surface area contributed by atoms with E-state index in [0.29, 0.717) is 36.1 Å². The third-order valence-electron chi connectivity index (χ3n) is 16.3. The van der Waals surface area contributed by atoms with Crippen LogP contribution in [0.1, 0.15) is 112 Å². The van der Waals surface area contributed by atoms with E-state index in [2.05, 4.69) is 82.7 Å². The van der Waals surface area contributed by atoms with Gasteiger partial charge in [-0.15, -0.1) is 10.2 Å². The van der Waals surface area contributed by atoms with Gasteiger partial charge in [-0.25, -0.2) is 14.8 Å². The van der Waals surface area contributed by atoms with Crippen LogP contribution in [-0.4, -0.2) is 85.1 Å². The van der Waals surface area contributed by atoms with Crippen molar-refractivity contribution in [2.24, 2.45) is 16.2 Å². The lowest BCUT2D eigenvalue weighted by molar-refractivity contribution is -0.249. The maximum Gasteiger partial charge on any atom is 0.357 e. The van der Waals surface area contributed by atoms with E-state index in [-0.39, 0.29) is 45.1 Å². The van der Waals surface area contributed by atoms with Gasteiger partial charge in [0.25, 0.3) is 10.1 Å². The van der Waals surface area contributed by atoms with Crippen LogP contribution < -0.4 is 14.6 Å². The second kappa shape index (κ2) is 18.0. The Morgan fingerprint density at radius 1 is 0.889 bits per heavy atom. The number of hydrogen-bond acceptors (Lipinski definition) is 15. The number of fused-ring (bicyclic) bond motifs is 2. The summed E-state index contributed by atoms with van der Waals surface area (Å²) in [6.07, 6.45) is 9.43. The zero-order valence-electron chi connectivity index (χ0n) is 43.6. The van der Waals surface area contributed by atoms with Crippen molar-refractivity contribution >= 4 is 68.5 Å². The van der Waals surface area contributed by atoms with Gasteiger partial charge in [-0.3, -0.25) is 8.86 Å². The molecule has 4 aromatic heterocycles. The lowest BCUT2D eigenvalue weighted by Gasteiger charge is -2.69. The van der Waals surface area contributed by atoms with E-state index in [1.54, 1.807) is 35.6 Å². The quantitative estimate of drug-likeness (QED) is 0.0445. The number of carbonyl (C=O) groups is 1. The number of rotatable bonds is 15. The highest BCUT2D eigenvalue weighted by atomic mass is 32.2. The number of aryl methyl sites for hydroxylation is 1. The first kappa shape index (κ1) is 50.3. The van der Waals surface area contributed by atoms with Crippen molar-refractivity contribution in [1.82, 2.24) is 29.9 Å². The molecule has 0 spiro atoms. The molecule has 2 unspecified atom stereocenters. The first-order chi connectivity index (χ1) is 33.9. The predicted octanol–water partition coefficient (Wildman–Crippen LogP) is 11.8. The van der Waals surface area contributed by atoms with E-state index in [4.69, 9.17) is 38.2 Å². The smallest absolute Gasteiger partial charge is 0.357 e. The second-order valence-corrected chi connectivity index (χ2v) is 30.9. The van der Waals surface area contributed by atoms with Crippen molar-refractivity contribution in [3.05, 3.63) is 88.9 Å². The van der Waals surface area contributed by atoms with Gasteiger partial charge in [0.1, 0.15) is 11.6 Å². The Morgan fingerprint density at radius 3 is 2.33 bits per heavy atom. The van der Waals surface area contributed by atoms with Gasteiger partial charge in [-0.2, -0.15) is 13.5 Å².